The summed E-state index contributed by atoms with van der Waals surface area (Å²) in [4.78, 5) is 19.3. The van der Waals surface area contributed by atoms with Gasteiger partial charge in [0.25, 0.3) is 5.89 Å². The Morgan fingerprint density at radius 2 is 2.16 bits per heavy atom. The monoisotopic (exact) mass is 341 g/mol. The van der Waals surface area contributed by atoms with Crippen LogP contribution in [0.25, 0.3) is 0 Å². The zero-order valence-electron chi connectivity index (χ0n) is 14.5. The lowest BCUT2D eigenvalue weighted by Gasteiger charge is -2.35. The number of hydrogen-bond donors (Lipinski definition) is 0. The highest BCUT2D eigenvalue weighted by molar-refractivity contribution is 5.91. The number of piperidine rings is 1. The number of hydrogen-bond acceptors (Lipinski definition) is 5. The fourth-order valence-electron chi connectivity index (χ4n) is 3.66. The van der Waals surface area contributed by atoms with Gasteiger partial charge in [0, 0.05) is 13.1 Å². The molecule has 4 rings (SSSR count). The molecule has 0 bridgehead atoms. The van der Waals surface area contributed by atoms with Crippen molar-refractivity contribution in [1.82, 2.24) is 15.0 Å². The second-order valence-corrected chi connectivity index (χ2v) is 7.01. The molecule has 1 aromatic carbocycles. The summed E-state index contributed by atoms with van der Waals surface area (Å²) in [5, 5.41) is 3.77. The van der Waals surface area contributed by atoms with E-state index >= 15 is 0 Å². The molecule has 2 heterocycles. The van der Waals surface area contributed by atoms with Crippen LogP contribution in [0.3, 0.4) is 0 Å². The molecule has 0 N–H and O–H groups in total. The summed E-state index contributed by atoms with van der Waals surface area (Å²) in [6, 6.07) is 10.2. The molecule has 2 aliphatic rings. The van der Waals surface area contributed by atoms with E-state index in [0.717, 1.165) is 37.8 Å². The number of amides is 1. The second-order valence-electron chi connectivity index (χ2n) is 7.01. The van der Waals surface area contributed by atoms with Crippen molar-refractivity contribution in [1.29, 1.82) is 0 Å². The molecule has 0 radical (unpaired) electrons. The van der Waals surface area contributed by atoms with Crippen LogP contribution < -0.4 is 0 Å². The van der Waals surface area contributed by atoms with E-state index in [9.17, 15) is 4.79 Å². The molecule has 1 saturated carbocycles. The van der Waals surface area contributed by atoms with Gasteiger partial charge in [-0.2, -0.15) is 4.98 Å². The lowest BCUT2D eigenvalue weighted by Crippen LogP contribution is -2.47. The third-order valence-electron chi connectivity index (χ3n) is 5.16. The maximum Gasteiger partial charge on any atom is 0.252 e. The van der Waals surface area contributed by atoms with Gasteiger partial charge in [-0.15, -0.1) is 0 Å². The highest BCUT2D eigenvalue weighted by Crippen LogP contribution is 2.49. The Morgan fingerprint density at radius 1 is 1.36 bits per heavy atom. The summed E-state index contributed by atoms with van der Waals surface area (Å²) in [6.45, 7) is 3.54. The number of carbonyl (C=O) groups is 1. The van der Waals surface area contributed by atoms with Gasteiger partial charge in [0.1, 0.15) is 6.61 Å². The van der Waals surface area contributed by atoms with E-state index in [2.05, 4.69) is 22.3 Å². The number of ether oxygens (including phenoxy) is 1. The molecule has 25 heavy (non-hydrogen) atoms. The van der Waals surface area contributed by atoms with Gasteiger partial charge < -0.3 is 14.2 Å². The predicted octanol–water partition coefficient (Wildman–Crippen LogP) is 2.62. The van der Waals surface area contributed by atoms with E-state index in [0.29, 0.717) is 24.9 Å². The molecule has 1 atom stereocenters. The smallest absolute Gasteiger partial charge is 0.252 e. The average Bonchev–Trinajstić information content (AvgIpc) is 3.37. The molecule has 6 heteroatoms. The first kappa shape index (κ1) is 16.3. The number of aryl methyl sites for hydroxylation is 1. The molecule has 1 unspecified atom stereocenters. The minimum Gasteiger partial charge on any atom is -0.367 e. The van der Waals surface area contributed by atoms with Gasteiger partial charge in [0.2, 0.25) is 5.91 Å². The Hall–Kier alpha value is -2.21. The van der Waals surface area contributed by atoms with E-state index in [1.54, 1.807) is 6.92 Å². The van der Waals surface area contributed by atoms with Crippen LogP contribution in [-0.4, -0.2) is 40.1 Å². The Labute approximate surface area is 147 Å². The van der Waals surface area contributed by atoms with Crippen molar-refractivity contribution in [3.63, 3.8) is 0 Å². The summed E-state index contributed by atoms with van der Waals surface area (Å²) < 4.78 is 11.0. The lowest BCUT2D eigenvalue weighted by atomic mass is 9.93. The molecule has 1 aromatic heterocycles. The topological polar surface area (TPSA) is 68.5 Å². The minimum atomic E-state index is -0.299. The lowest BCUT2D eigenvalue weighted by molar-refractivity contribution is -0.138. The minimum absolute atomic E-state index is 0.0245. The Balaban J connectivity index is 1.38. The van der Waals surface area contributed by atoms with Crippen molar-refractivity contribution in [2.24, 2.45) is 0 Å². The number of aromatic nitrogens is 2. The van der Waals surface area contributed by atoms with Gasteiger partial charge in [0.05, 0.1) is 11.5 Å². The SMILES string of the molecule is Cc1noc(COC2CCCN(C(=O)C3(c4ccccc4)CC3)C2)n1. The van der Waals surface area contributed by atoms with Crippen LogP contribution >= 0.6 is 0 Å². The van der Waals surface area contributed by atoms with Crippen LogP contribution in [0.15, 0.2) is 34.9 Å². The van der Waals surface area contributed by atoms with Crippen molar-refractivity contribution >= 4 is 5.91 Å². The van der Waals surface area contributed by atoms with Gasteiger partial charge >= 0.3 is 0 Å². The summed E-state index contributed by atoms with van der Waals surface area (Å²) in [5.41, 5.74) is 0.844. The van der Waals surface area contributed by atoms with Crippen molar-refractivity contribution in [2.45, 2.75) is 50.7 Å². The molecule has 1 aliphatic carbocycles. The van der Waals surface area contributed by atoms with Crippen molar-refractivity contribution in [3.8, 4) is 0 Å². The normalized spacial score (nSPS) is 22.0. The summed E-state index contributed by atoms with van der Waals surface area (Å²) in [7, 11) is 0. The summed E-state index contributed by atoms with van der Waals surface area (Å²) in [6.07, 6.45) is 3.83. The molecule has 1 amide bonds. The Morgan fingerprint density at radius 3 is 2.84 bits per heavy atom. The average molecular weight is 341 g/mol. The summed E-state index contributed by atoms with van der Waals surface area (Å²) in [5.74, 6) is 1.35. The molecule has 1 saturated heterocycles. The third-order valence-corrected chi connectivity index (χ3v) is 5.16. The van der Waals surface area contributed by atoms with Crippen molar-refractivity contribution < 1.29 is 14.1 Å². The highest BCUT2D eigenvalue weighted by atomic mass is 16.5. The molecule has 132 valence electrons. The molecular weight excluding hydrogens is 318 g/mol. The van der Waals surface area contributed by atoms with E-state index < -0.39 is 0 Å². The van der Waals surface area contributed by atoms with Crippen LogP contribution in [0.5, 0.6) is 0 Å². The zero-order valence-corrected chi connectivity index (χ0v) is 14.5. The van der Waals surface area contributed by atoms with Gasteiger partial charge in [-0.3, -0.25) is 4.79 Å². The Kier molecular flexibility index (Phi) is 4.29. The first-order valence-corrected chi connectivity index (χ1v) is 8.93. The van der Waals surface area contributed by atoms with Crippen molar-refractivity contribution in [2.75, 3.05) is 13.1 Å². The number of nitrogens with zero attached hydrogens (tertiary/aromatic N) is 3. The fourth-order valence-corrected chi connectivity index (χ4v) is 3.66. The van der Waals surface area contributed by atoms with Crippen LogP contribution in [0.4, 0.5) is 0 Å². The number of likely N-dealkylation sites (tertiary alicyclic amines) is 1. The predicted molar refractivity (Wildman–Crippen MR) is 90.8 cm³/mol. The first-order chi connectivity index (χ1) is 12.2. The molecular formula is C19H23N3O3. The highest BCUT2D eigenvalue weighted by Gasteiger charge is 2.53. The molecule has 0 spiro atoms. The van der Waals surface area contributed by atoms with Gasteiger partial charge in [-0.05, 0) is 38.2 Å². The maximum atomic E-state index is 13.1. The largest absolute Gasteiger partial charge is 0.367 e. The van der Waals surface area contributed by atoms with Crippen molar-refractivity contribution in [3.05, 3.63) is 47.6 Å². The maximum absolute atomic E-state index is 13.1. The molecule has 2 fully saturated rings. The fraction of sp³-hybridized carbons (Fsp3) is 0.526. The van der Waals surface area contributed by atoms with Crippen LogP contribution in [0.1, 0.15) is 43.0 Å². The van der Waals surface area contributed by atoms with E-state index in [1.807, 2.05) is 23.1 Å². The molecule has 2 aromatic rings. The van der Waals surface area contributed by atoms with Gasteiger partial charge in [-0.25, -0.2) is 0 Å². The number of carbonyl (C=O) groups excluding carboxylic acids is 1. The standard InChI is InChI=1S/C19H23N3O3/c1-14-20-17(25-21-14)13-24-16-8-5-11-22(12-16)18(23)19(9-10-19)15-6-3-2-4-7-15/h2-4,6-7,16H,5,8-13H2,1H3. The molecule has 1 aliphatic heterocycles. The first-order valence-electron chi connectivity index (χ1n) is 8.93. The van der Waals surface area contributed by atoms with Crippen LogP contribution in [0.2, 0.25) is 0 Å². The quantitative estimate of drug-likeness (QED) is 0.836. The van der Waals surface area contributed by atoms with E-state index in [4.69, 9.17) is 9.26 Å². The van der Waals surface area contributed by atoms with Crippen LogP contribution in [-0.2, 0) is 21.6 Å². The molecule has 6 nitrogen and oxygen atoms in total. The third kappa shape index (κ3) is 3.31. The Bertz CT molecular complexity index is 739. The van der Waals surface area contributed by atoms with Crippen LogP contribution in [0, 0.1) is 6.92 Å². The number of rotatable bonds is 5. The number of benzene rings is 1. The second kappa shape index (κ2) is 6.59. The van der Waals surface area contributed by atoms with Gasteiger partial charge in [0.15, 0.2) is 5.82 Å². The van der Waals surface area contributed by atoms with E-state index in [1.165, 1.54) is 0 Å². The van der Waals surface area contributed by atoms with Gasteiger partial charge in [-0.1, -0.05) is 35.5 Å². The van der Waals surface area contributed by atoms with E-state index in [-0.39, 0.29) is 17.4 Å². The zero-order chi connectivity index (χ0) is 17.3. The summed E-state index contributed by atoms with van der Waals surface area (Å²) >= 11 is 0.